The highest BCUT2D eigenvalue weighted by Gasteiger charge is 2.27. The number of hydrogen-bond donors (Lipinski definition) is 4. The van der Waals surface area contributed by atoms with Gasteiger partial charge in [-0.25, -0.2) is 22.4 Å². The van der Waals surface area contributed by atoms with Crippen molar-refractivity contribution < 1.29 is 27.5 Å². The maximum atomic E-state index is 12.7. The highest BCUT2D eigenvalue weighted by molar-refractivity contribution is 7.85. The zero-order valence-corrected chi connectivity index (χ0v) is 15.0. The number of aromatic carboxylic acids is 1. The van der Waals surface area contributed by atoms with Crippen molar-refractivity contribution in [3.8, 4) is 0 Å². The van der Waals surface area contributed by atoms with Crippen molar-refractivity contribution in [2.24, 2.45) is 0 Å². The van der Waals surface area contributed by atoms with E-state index in [1.54, 1.807) is 0 Å². The maximum Gasteiger partial charge on any atom is 0.341 e. The molecule has 0 fully saturated rings. The van der Waals surface area contributed by atoms with Crippen molar-refractivity contribution in [2.45, 2.75) is 38.9 Å². The molecule has 0 saturated carbocycles. The Bertz CT molecular complexity index is 505. The summed E-state index contributed by atoms with van der Waals surface area (Å²) in [6.07, 6.45) is 1.08. The second kappa shape index (κ2) is 10.6. The van der Waals surface area contributed by atoms with Crippen molar-refractivity contribution in [2.75, 3.05) is 11.5 Å². The molecule has 23 heavy (non-hydrogen) atoms. The minimum atomic E-state index is -2.11. The van der Waals surface area contributed by atoms with Gasteiger partial charge in [0.05, 0.1) is 0 Å². The first-order valence-electron chi connectivity index (χ1n) is 6.68. The first-order valence-corrected chi connectivity index (χ1v) is 7.76. The highest BCUT2D eigenvalue weighted by Crippen LogP contribution is 2.25. The van der Waals surface area contributed by atoms with Gasteiger partial charge in [-0.2, -0.15) is 25.3 Å². The lowest BCUT2D eigenvalue weighted by Gasteiger charge is -2.16. The van der Waals surface area contributed by atoms with Gasteiger partial charge >= 0.3 is 5.97 Å². The zero-order chi connectivity index (χ0) is 19.0. The van der Waals surface area contributed by atoms with Crippen molar-refractivity contribution in [1.29, 1.82) is 0 Å². The van der Waals surface area contributed by atoms with Crippen LogP contribution >= 0.6 is 25.3 Å². The SMILES string of the molecule is CC.CCC(C)(S)CS.Nc1c(F)c(F)c(C(=O)O)c(F)c1F. The summed E-state index contributed by atoms with van der Waals surface area (Å²) in [6, 6.07) is 0. The molecule has 0 saturated heterocycles. The van der Waals surface area contributed by atoms with E-state index < -0.39 is 40.5 Å². The summed E-state index contributed by atoms with van der Waals surface area (Å²) in [5.41, 5.74) is 1.55. The fourth-order valence-corrected chi connectivity index (χ4v) is 1.17. The molecule has 3 nitrogen and oxygen atoms in total. The second-order valence-corrected chi connectivity index (χ2v) is 5.75. The Morgan fingerprint density at radius 3 is 1.65 bits per heavy atom. The van der Waals surface area contributed by atoms with E-state index in [1.807, 2.05) is 13.8 Å². The van der Waals surface area contributed by atoms with Crippen molar-refractivity contribution in [3.63, 3.8) is 0 Å². The molecule has 3 N–H and O–H groups in total. The second-order valence-electron chi connectivity index (χ2n) is 4.36. The Labute approximate surface area is 144 Å². The summed E-state index contributed by atoms with van der Waals surface area (Å²) >= 11 is 8.42. The van der Waals surface area contributed by atoms with Crippen LogP contribution in [0.15, 0.2) is 0 Å². The number of nitrogens with two attached hydrogens (primary N) is 1. The summed E-state index contributed by atoms with van der Waals surface area (Å²) in [5, 5.41) is 8.23. The number of benzene rings is 1. The number of anilines is 1. The van der Waals surface area contributed by atoms with Gasteiger partial charge in [0.25, 0.3) is 0 Å². The fourth-order valence-electron chi connectivity index (χ4n) is 0.948. The molecular weight excluding hydrogens is 354 g/mol. The van der Waals surface area contributed by atoms with E-state index in [1.165, 1.54) is 0 Å². The summed E-state index contributed by atoms with van der Waals surface area (Å²) in [4.78, 5) is 10.2. The largest absolute Gasteiger partial charge is 0.477 e. The number of carbonyl (C=O) groups is 1. The highest BCUT2D eigenvalue weighted by atomic mass is 32.1. The maximum absolute atomic E-state index is 12.7. The smallest absolute Gasteiger partial charge is 0.341 e. The van der Waals surface area contributed by atoms with Gasteiger partial charge in [-0.15, -0.1) is 0 Å². The number of nitrogen functional groups attached to an aromatic ring is 1. The van der Waals surface area contributed by atoms with Gasteiger partial charge in [-0.1, -0.05) is 20.8 Å². The molecule has 0 bridgehead atoms. The zero-order valence-electron chi connectivity index (χ0n) is 13.3. The van der Waals surface area contributed by atoms with E-state index in [0.717, 1.165) is 12.2 Å². The number of hydrogen-bond acceptors (Lipinski definition) is 4. The number of halogens is 4. The molecule has 0 heterocycles. The van der Waals surface area contributed by atoms with Crippen LogP contribution in [0.25, 0.3) is 0 Å². The Balaban J connectivity index is 0. The van der Waals surface area contributed by atoms with Gasteiger partial charge in [0, 0.05) is 10.5 Å². The molecule has 1 aromatic carbocycles. The standard InChI is InChI=1S/C7H3F4NO2.C5H12S2.C2H6/c8-2-1(7(13)14)3(9)5(11)6(12)4(2)10;1-3-5(2,7)4-6;1-2/h12H2,(H,13,14);6-7H,3-4H2,1-2H3;1-2H3. The topological polar surface area (TPSA) is 63.3 Å². The third-order valence-electron chi connectivity index (χ3n) is 2.61. The summed E-state index contributed by atoms with van der Waals surface area (Å²) in [5.74, 6) is -9.13. The molecular formula is C14H21F4NO2S2. The van der Waals surface area contributed by atoms with E-state index in [0.29, 0.717) is 0 Å². The number of carboxylic acid groups (broad SMARTS) is 1. The molecule has 0 aromatic heterocycles. The Hall–Kier alpha value is -1.09. The van der Waals surface area contributed by atoms with Crippen LogP contribution in [-0.4, -0.2) is 21.6 Å². The van der Waals surface area contributed by atoms with Crippen LogP contribution in [-0.2, 0) is 0 Å². The molecule has 1 rings (SSSR count). The molecule has 0 spiro atoms. The van der Waals surface area contributed by atoms with Crippen LogP contribution in [0.1, 0.15) is 44.5 Å². The van der Waals surface area contributed by atoms with Crippen LogP contribution in [0, 0.1) is 23.3 Å². The van der Waals surface area contributed by atoms with Crippen LogP contribution in [0.4, 0.5) is 23.2 Å². The quantitative estimate of drug-likeness (QED) is 0.271. The molecule has 0 aliphatic carbocycles. The predicted octanol–water partition coefficient (Wildman–Crippen LogP) is 4.56. The van der Waals surface area contributed by atoms with Gasteiger partial charge in [0.1, 0.15) is 11.3 Å². The summed E-state index contributed by atoms with van der Waals surface area (Å²) in [6.45, 7) is 8.20. The number of carboxylic acids is 1. The van der Waals surface area contributed by atoms with Gasteiger partial charge in [0.15, 0.2) is 23.3 Å². The molecule has 1 atom stereocenters. The lowest BCUT2D eigenvalue weighted by atomic mass is 10.1. The van der Waals surface area contributed by atoms with E-state index in [9.17, 15) is 22.4 Å². The normalized spacial score (nSPS) is 12.3. The van der Waals surface area contributed by atoms with Gasteiger partial charge in [-0.3, -0.25) is 0 Å². The number of thiol groups is 2. The Kier molecular flexibility index (Phi) is 11.2. The van der Waals surface area contributed by atoms with Crippen LogP contribution < -0.4 is 5.73 Å². The molecule has 1 aromatic rings. The van der Waals surface area contributed by atoms with Gasteiger partial charge in [-0.05, 0) is 13.3 Å². The molecule has 0 amide bonds. The lowest BCUT2D eigenvalue weighted by Crippen LogP contribution is -2.16. The Morgan fingerprint density at radius 1 is 1.13 bits per heavy atom. The van der Waals surface area contributed by atoms with E-state index in [-0.39, 0.29) is 4.75 Å². The minimum Gasteiger partial charge on any atom is -0.477 e. The Morgan fingerprint density at radius 2 is 1.48 bits per heavy atom. The molecule has 134 valence electrons. The van der Waals surface area contributed by atoms with Gasteiger partial charge < -0.3 is 10.8 Å². The van der Waals surface area contributed by atoms with Crippen molar-refractivity contribution in [3.05, 3.63) is 28.8 Å². The molecule has 0 aliphatic heterocycles. The third-order valence-corrected chi connectivity index (χ3v) is 4.04. The molecule has 0 aliphatic rings. The first kappa shape index (κ1) is 24.2. The van der Waals surface area contributed by atoms with Crippen LogP contribution in [0.3, 0.4) is 0 Å². The molecule has 9 heteroatoms. The van der Waals surface area contributed by atoms with Crippen molar-refractivity contribution in [1.82, 2.24) is 0 Å². The number of rotatable bonds is 3. The fraction of sp³-hybridized carbons (Fsp3) is 0.500. The van der Waals surface area contributed by atoms with Crippen molar-refractivity contribution >= 4 is 36.9 Å². The predicted molar refractivity (Wildman–Crippen MR) is 90.5 cm³/mol. The lowest BCUT2D eigenvalue weighted by molar-refractivity contribution is 0.0683. The van der Waals surface area contributed by atoms with E-state index in [2.05, 4.69) is 44.8 Å². The van der Waals surface area contributed by atoms with Crippen LogP contribution in [0.2, 0.25) is 0 Å². The van der Waals surface area contributed by atoms with Gasteiger partial charge in [0.2, 0.25) is 0 Å². The van der Waals surface area contributed by atoms with Crippen LogP contribution in [0.5, 0.6) is 0 Å². The monoisotopic (exact) mass is 375 g/mol. The minimum absolute atomic E-state index is 0.142. The average Bonchev–Trinajstić information content (AvgIpc) is 2.53. The van der Waals surface area contributed by atoms with E-state index in [4.69, 9.17) is 5.11 Å². The summed E-state index contributed by atoms with van der Waals surface area (Å²) < 4.78 is 50.8. The first-order chi connectivity index (χ1) is 10.5. The third kappa shape index (κ3) is 6.90. The summed E-state index contributed by atoms with van der Waals surface area (Å²) in [7, 11) is 0. The molecule has 1 unspecified atom stereocenters. The molecule has 0 radical (unpaired) electrons. The van der Waals surface area contributed by atoms with E-state index >= 15 is 0 Å². The average molecular weight is 375 g/mol.